The molecule has 1 N–H and O–H groups in total. The van der Waals surface area contributed by atoms with E-state index in [1.54, 1.807) is 6.08 Å². The number of aliphatic carboxylic acids is 1. The first kappa shape index (κ1) is 16.2. The number of carboxylic acid groups (broad SMARTS) is 1. The van der Waals surface area contributed by atoms with Crippen LogP contribution < -0.4 is 0 Å². The third kappa shape index (κ3) is 4.35. The van der Waals surface area contributed by atoms with Gasteiger partial charge in [0.25, 0.3) is 0 Å². The lowest BCUT2D eigenvalue weighted by Crippen LogP contribution is -2.43. The van der Waals surface area contributed by atoms with Crippen LogP contribution in [-0.2, 0) is 14.3 Å². The number of ether oxygens (including phenoxy) is 1. The molecule has 1 aliphatic rings. The van der Waals surface area contributed by atoms with Gasteiger partial charge in [-0.15, -0.1) is 0 Å². The molecule has 0 bridgehead atoms. The molecular formula is C14H20N2O4. The van der Waals surface area contributed by atoms with Crippen LogP contribution in [-0.4, -0.2) is 48.7 Å². The maximum atomic E-state index is 12.5. The summed E-state index contributed by atoms with van der Waals surface area (Å²) in [4.78, 5) is 25.3. The van der Waals surface area contributed by atoms with Crippen LogP contribution in [0.5, 0.6) is 0 Å². The lowest BCUT2D eigenvalue weighted by molar-refractivity contribution is -0.150. The van der Waals surface area contributed by atoms with Crippen molar-refractivity contribution in [3.05, 3.63) is 12.2 Å². The van der Waals surface area contributed by atoms with Gasteiger partial charge in [0.05, 0.1) is 30.9 Å². The molecule has 0 saturated heterocycles. The molecule has 1 rings (SSSR count). The molecule has 1 aliphatic carbocycles. The van der Waals surface area contributed by atoms with Crippen LogP contribution >= 0.6 is 0 Å². The van der Waals surface area contributed by atoms with Gasteiger partial charge in [0.15, 0.2) is 0 Å². The van der Waals surface area contributed by atoms with Crippen LogP contribution in [0.3, 0.4) is 0 Å². The number of carbonyl (C=O) groups is 2. The van der Waals surface area contributed by atoms with E-state index in [0.29, 0.717) is 32.5 Å². The Balaban J connectivity index is 2.77. The van der Waals surface area contributed by atoms with Gasteiger partial charge in [0.2, 0.25) is 5.91 Å². The molecule has 0 radical (unpaired) electrons. The fraction of sp³-hybridized carbons (Fsp3) is 0.643. The van der Waals surface area contributed by atoms with Gasteiger partial charge in [-0.2, -0.15) is 5.26 Å². The van der Waals surface area contributed by atoms with Gasteiger partial charge in [-0.3, -0.25) is 9.59 Å². The van der Waals surface area contributed by atoms with E-state index < -0.39 is 17.8 Å². The van der Waals surface area contributed by atoms with Crippen LogP contribution in [0.25, 0.3) is 0 Å². The molecule has 0 saturated carbocycles. The predicted molar refractivity (Wildman–Crippen MR) is 71.7 cm³/mol. The lowest BCUT2D eigenvalue weighted by atomic mass is 9.82. The summed E-state index contributed by atoms with van der Waals surface area (Å²) in [7, 11) is 1.54. The summed E-state index contributed by atoms with van der Waals surface area (Å²) < 4.78 is 4.96. The van der Waals surface area contributed by atoms with Gasteiger partial charge in [-0.1, -0.05) is 12.2 Å². The van der Waals surface area contributed by atoms with Crippen molar-refractivity contribution in [1.82, 2.24) is 4.90 Å². The number of allylic oxidation sites excluding steroid dienone is 2. The van der Waals surface area contributed by atoms with Gasteiger partial charge in [-0.25, -0.2) is 0 Å². The number of nitrogens with zero attached hydrogens (tertiary/aromatic N) is 2. The molecule has 0 aliphatic heterocycles. The molecule has 0 fully saturated rings. The van der Waals surface area contributed by atoms with Crippen LogP contribution in [0.1, 0.15) is 19.3 Å². The number of hydrogen-bond donors (Lipinski definition) is 1. The second-order valence-corrected chi connectivity index (χ2v) is 4.72. The molecule has 0 aromatic carbocycles. The minimum Gasteiger partial charge on any atom is -0.481 e. The Kier molecular flexibility index (Phi) is 6.74. The van der Waals surface area contributed by atoms with E-state index in [9.17, 15) is 14.7 Å². The molecule has 0 aromatic rings. The molecular weight excluding hydrogens is 260 g/mol. The second-order valence-electron chi connectivity index (χ2n) is 4.72. The van der Waals surface area contributed by atoms with E-state index in [0.717, 1.165) is 0 Å². The lowest BCUT2D eigenvalue weighted by Gasteiger charge is -2.30. The van der Waals surface area contributed by atoms with Crippen molar-refractivity contribution in [3.63, 3.8) is 0 Å². The summed E-state index contributed by atoms with van der Waals surface area (Å²) in [5.74, 6) is -2.37. The van der Waals surface area contributed by atoms with Crippen molar-refractivity contribution in [2.45, 2.75) is 19.3 Å². The fourth-order valence-electron chi connectivity index (χ4n) is 2.31. The van der Waals surface area contributed by atoms with Crippen LogP contribution in [0.4, 0.5) is 0 Å². The minimum atomic E-state index is -0.945. The smallest absolute Gasteiger partial charge is 0.307 e. The largest absolute Gasteiger partial charge is 0.481 e. The Morgan fingerprint density at radius 1 is 1.35 bits per heavy atom. The standard InChI is InChI=1S/C14H20N2O4/c1-20-10-9-16(8-4-7-15)13(17)11-5-2-3-6-12(11)14(18)19/h2-3,11-12H,4-6,8-10H2,1H3,(H,18,19). The summed E-state index contributed by atoms with van der Waals surface area (Å²) in [6.45, 7) is 1.06. The van der Waals surface area contributed by atoms with E-state index in [-0.39, 0.29) is 12.3 Å². The zero-order valence-electron chi connectivity index (χ0n) is 11.6. The maximum absolute atomic E-state index is 12.5. The highest BCUT2D eigenvalue weighted by molar-refractivity contribution is 5.85. The average molecular weight is 280 g/mol. The van der Waals surface area contributed by atoms with E-state index in [1.165, 1.54) is 12.0 Å². The van der Waals surface area contributed by atoms with Gasteiger partial charge in [-0.05, 0) is 12.8 Å². The quantitative estimate of drug-likeness (QED) is 0.704. The Labute approximate surface area is 118 Å². The van der Waals surface area contributed by atoms with Crippen LogP contribution in [0, 0.1) is 23.2 Å². The molecule has 6 heteroatoms. The van der Waals surface area contributed by atoms with Gasteiger partial charge >= 0.3 is 5.97 Å². The zero-order chi connectivity index (χ0) is 15.0. The average Bonchev–Trinajstić information content (AvgIpc) is 2.46. The molecule has 2 unspecified atom stereocenters. The Morgan fingerprint density at radius 2 is 2.00 bits per heavy atom. The minimum absolute atomic E-state index is 0.200. The number of hydrogen-bond acceptors (Lipinski definition) is 4. The summed E-state index contributed by atoms with van der Waals surface area (Å²) in [6, 6.07) is 2.00. The second kappa shape index (κ2) is 8.33. The first-order chi connectivity index (χ1) is 9.61. The van der Waals surface area contributed by atoms with Gasteiger partial charge in [0.1, 0.15) is 0 Å². The molecule has 0 spiro atoms. The summed E-state index contributed by atoms with van der Waals surface area (Å²) in [5.41, 5.74) is 0. The van der Waals surface area contributed by atoms with Crippen molar-refractivity contribution >= 4 is 11.9 Å². The monoisotopic (exact) mass is 280 g/mol. The van der Waals surface area contributed by atoms with E-state index in [2.05, 4.69) is 0 Å². The van der Waals surface area contributed by atoms with E-state index in [1.807, 2.05) is 12.1 Å². The number of methoxy groups -OCH3 is 1. The molecule has 2 atom stereocenters. The normalized spacial score (nSPS) is 21.2. The highest BCUT2D eigenvalue weighted by Gasteiger charge is 2.36. The highest BCUT2D eigenvalue weighted by Crippen LogP contribution is 2.27. The third-order valence-electron chi connectivity index (χ3n) is 3.44. The predicted octanol–water partition coefficient (Wildman–Crippen LogP) is 1.04. The van der Waals surface area contributed by atoms with Crippen molar-refractivity contribution in [2.75, 3.05) is 26.8 Å². The summed E-state index contributed by atoms with van der Waals surface area (Å²) >= 11 is 0. The van der Waals surface area contributed by atoms with Crippen LogP contribution in [0.2, 0.25) is 0 Å². The number of amides is 1. The topological polar surface area (TPSA) is 90.6 Å². The zero-order valence-corrected chi connectivity index (χ0v) is 11.6. The molecule has 0 aromatic heterocycles. The Hall–Kier alpha value is -1.87. The fourth-order valence-corrected chi connectivity index (χ4v) is 2.31. The highest BCUT2D eigenvalue weighted by atomic mass is 16.5. The number of rotatable bonds is 7. The number of nitriles is 1. The summed E-state index contributed by atoms with van der Waals surface area (Å²) in [6.07, 6.45) is 4.70. The first-order valence-corrected chi connectivity index (χ1v) is 6.64. The Bertz CT molecular complexity index is 414. The molecule has 0 heterocycles. The third-order valence-corrected chi connectivity index (χ3v) is 3.44. The van der Waals surface area contributed by atoms with Crippen LogP contribution in [0.15, 0.2) is 12.2 Å². The van der Waals surface area contributed by atoms with Crippen molar-refractivity contribution in [2.24, 2.45) is 11.8 Å². The molecule has 20 heavy (non-hydrogen) atoms. The molecule has 110 valence electrons. The van der Waals surface area contributed by atoms with E-state index in [4.69, 9.17) is 10.00 Å². The van der Waals surface area contributed by atoms with Gasteiger partial charge < -0.3 is 14.7 Å². The van der Waals surface area contributed by atoms with Crippen molar-refractivity contribution in [3.8, 4) is 6.07 Å². The maximum Gasteiger partial charge on any atom is 0.307 e. The van der Waals surface area contributed by atoms with Crippen molar-refractivity contribution in [1.29, 1.82) is 5.26 Å². The number of carboxylic acids is 1. The number of carbonyl (C=O) groups excluding carboxylic acids is 1. The molecule has 6 nitrogen and oxygen atoms in total. The SMILES string of the molecule is COCCN(CCC#N)C(=O)C1CC=CCC1C(=O)O. The first-order valence-electron chi connectivity index (χ1n) is 6.64. The van der Waals surface area contributed by atoms with Crippen molar-refractivity contribution < 1.29 is 19.4 Å². The molecule has 1 amide bonds. The summed E-state index contributed by atoms with van der Waals surface area (Å²) in [5, 5.41) is 17.9. The van der Waals surface area contributed by atoms with Gasteiger partial charge in [0, 0.05) is 20.2 Å². The van der Waals surface area contributed by atoms with E-state index >= 15 is 0 Å². The Morgan fingerprint density at radius 3 is 2.55 bits per heavy atom.